The first-order valence-corrected chi connectivity index (χ1v) is 5.62. The molecule has 0 radical (unpaired) electrons. The zero-order valence-corrected chi connectivity index (χ0v) is 9.25. The van der Waals surface area contributed by atoms with Gasteiger partial charge in [0, 0.05) is 0 Å². The van der Waals surface area contributed by atoms with E-state index in [4.69, 9.17) is 16.9 Å². The number of rotatable bonds is 1. The molecule has 1 heterocycles. The van der Waals surface area contributed by atoms with Crippen molar-refractivity contribution >= 4 is 33.0 Å². The maximum Gasteiger partial charge on any atom is 0.102 e. The van der Waals surface area contributed by atoms with Gasteiger partial charge < -0.3 is 0 Å². The van der Waals surface area contributed by atoms with E-state index in [2.05, 4.69) is 19.1 Å². The number of thiophene rings is 1. The summed E-state index contributed by atoms with van der Waals surface area (Å²) in [4.78, 5) is 0. The molecule has 2 rings (SSSR count). The predicted molar refractivity (Wildman–Crippen MR) is 60.9 cm³/mol. The van der Waals surface area contributed by atoms with Crippen molar-refractivity contribution in [3.63, 3.8) is 0 Å². The van der Waals surface area contributed by atoms with Crippen LogP contribution in [0.15, 0.2) is 17.5 Å². The van der Waals surface area contributed by atoms with Crippen LogP contribution in [0.4, 0.5) is 0 Å². The van der Waals surface area contributed by atoms with Crippen LogP contribution in [0.5, 0.6) is 0 Å². The van der Waals surface area contributed by atoms with Crippen LogP contribution in [0, 0.1) is 11.3 Å². The molecule has 0 amide bonds. The van der Waals surface area contributed by atoms with Crippen LogP contribution >= 0.6 is 22.9 Å². The third kappa shape index (κ3) is 1.30. The lowest BCUT2D eigenvalue weighted by atomic mass is 10.1. The molecule has 0 N–H and O–H groups in total. The SMILES string of the molecule is CCc1cc(Cl)c(C#N)c2sccc12. The fourth-order valence-electron chi connectivity index (χ4n) is 1.56. The zero-order valence-electron chi connectivity index (χ0n) is 7.67. The Labute approximate surface area is 91.5 Å². The number of hydrogen-bond donors (Lipinski definition) is 0. The van der Waals surface area contributed by atoms with Gasteiger partial charge in [-0.2, -0.15) is 5.26 Å². The van der Waals surface area contributed by atoms with Crippen LogP contribution in [0.3, 0.4) is 0 Å². The smallest absolute Gasteiger partial charge is 0.102 e. The maximum atomic E-state index is 8.97. The second kappa shape index (κ2) is 3.61. The summed E-state index contributed by atoms with van der Waals surface area (Å²) in [5.74, 6) is 0. The summed E-state index contributed by atoms with van der Waals surface area (Å²) in [6.07, 6.45) is 0.943. The number of nitriles is 1. The van der Waals surface area contributed by atoms with Gasteiger partial charge >= 0.3 is 0 Å². The molecule has 1 nitrogen and oxygen atoms in total. The van der Waals surface area contributed by atoms with Gasteiger partial charge in [-0.3, -0.25) is 0 Å². The predicted octanol–water partition coefficient (Wildman–Crippen LogP) is 3.99. The summed E-state index contributed by atoms with van der Waals surface area (Å²) in [5.41, 5.74) is 1.82. The monoisotopic (exact) mass is 221 g/mol. The molecule has 0 saturated heterocycles. The van der Waals surface area contributed by atoms with Crippen LogP contribution in [0.2, 0.25) is 5.02 Å². The van der Waals surface area contributed by atoms with Crippen molar-refractivity contribution in [1.82, 2.24) is 0 Å². The molecule has 0 aliphatic rings. The minimum Gasteiger partial charge on any atom is -0.192 e. The van der Waals surface area contributed by atoms with E-state index in [-0.39, 0.29) is 0 Å². The van der Waals surface area contributed by atoms with Gasteiger partial charge in [0.1, 0.15) is 6.07 Å². The van der Waals surface area contributed by atoms with Crippen molar-refractivity contribution in [3.8, 4) is 6.07 Å². The first kappa shape index (κ1) is 9.51. The number of fused-ring (bicyclic) bond motifs is 1. The molecule has 0 aliphatic carbocycles. The molecule has 70 valence electrons. The molecule has 14 heavy (non-hydrogen) atoms. The number of aryl methyl sites for hydroxylation is 1. The minimum atomic E-state index is 0.569. The van der Waals surface area contributed by atoms with Gasteiger partial charge in [0.2, 0.25) is 0 Å². The molecule has 3 heteroatoms. The first-order chi connectivity index (χ1) is 6.77. The molecule has 0 saturated carbocycles. The summed E-state index contributed by atoms with van der Waals surface area (Å²) < 4.78 is 1.01. The van der Waals surface area contributed by atoms with E-state index in [9.17, 15) is 0 Å². The zero-order chi connectivity index (χ0) is 10.1. The summed E-state index contributed by atoms with van der Waals surface area (Å²) in [7, 11) is 0. The Morgan fingerprint density at radius 3 is 3.00 bits per heavy atom. The Kier molecular flexibility index (Phi) is 2.45. The summed E-state index contributed by atoms with van der Waals surface area (Å²) in [6.45, 7) is 2.09. The number of nitrogens with zero attached hydrogens (tertiary/aromatic N) is 1. The molecule has 1 aromatic carbocycles. The van der Waals surface area contributed by atoms with Gasteiger partial charge in [0.25, 0.3) is 0 Å². The van der Waals surface area contributed by atoms with Gasteiger partial charge in [-0.05, 0) is 34.9 Å². The lowest BCUT2D eigenvalue weighted by molar-refractivity contribution is 1.16. The van der Waals surface area contributed by atoms with E-state index in [1.807, 2.05) is 11.4 Å². The fraction of sp³-hybridized carbons (Fsp3) is 0.182. The lowest BCUT2D eigenvalue weighted by Gasteiger charge is -2.03. The van der Waals surface area contributed by atoms with Crippen LogP contribution in [0.1, 0.15) is 18.1 Å². The highest BCUT2D eigenvalue weighted by molar-refractivity contribution is 7.17. The first-order valence-electron chi connectivity index (χ1n) is 4.36. The number of hydrogen-bond acceptors (Lipinski definition) is 2. The topological polar surface area (TPSA) is 23.8 Å². The Morgan fingerprint density at radius 1 is 1.57 bits per heavy atom. The van der Waals surface area contributed by atoms with Crippen LogP contribution < -0.4 is 0 Å². The van der Waals surface area contributed by atoms with Crippen molar-refractivity contribution in [1.29, 1.82) is 5.26 Å². The summed E-state index contributed by atoms with van der Waals surface area (Å²) in [6, 6.07) is 6.10. The van der Waals surface area contributed by atoms with Crippen LogP contribution in [-0.2, 0) is 6.42 Å². The Balaban J connectivity index is 2.90. The normalized spacial score (nSPS) is 10.4. The summed E-state index contributed by atoms with van der Waals surface area (Å²) >= 11 is 7.60. The van der Waals surface area contributed by atoms with E-state index < -0.39 is 0 Å². The van der Waals surface area contributed by atoms with Crippen molar-refractivity contribution in [2.45, 2.75) is 13.3 Å². The quantitative estimate of drug-likeness (QED) is 0.715. The largest absolute Gasteiger partial charge is 0.192 e. The van der Waals surface area contributed by atoms with Gasteiger partial charge in [0.05, 0.1) is 15.3 Å². The Bertz CT molecular complexity index is 522. The maximum absolute atomic E-state index is 8.97. The van der Waals surface area contributed by atoms with E-state index in [0.717, 1.165) is 11.1 Å². The summed E-state index contributed by atoms with van der Waals surface area (Å²) in [5, 5.41) is 12.7. The molecule has 0 bridgehead atoms. The molecular formula is C11H8ClNS. The minimum absolute atomic E-state index is 0.569. The molecule has 0 atom stereocenters. The highest BCUT2D eigenvalue weighted by atomic mass is 35.5. The van der Waals surface area contributed by atoms with Crippen LogP contribution in [-0.4, -0.2) is 0 Å². The standard InChI is InChI=1S/C11H8ClNS/c1-2-7-5-10(12)9(6-13)11-8(7)3-4-14-11/h3-5H,2H2,1H3. The van der Waals surface area contributed by atoms with Crippen molar-refractivity contribution < 1.29 is 0 Å². The van der Waals surface area contributed by atoms with Gasteiger partial charge in [-0.1, -0.05) is 18.5 Å². The lowest BCUT2D eigenvalue weighted by Crippen LogP contribution is -1.85. The molecule has 0 unspecified atom stereocenters. The average molecular weight is 222 g/mol. The van der Waals surface area contributed by atoms with E-state index >= 15 is 0 Å². The van der Waals surface area contributed by atoms with E-state index in [0.29, 0.717) is 10.6 Å². The van der Waals surface area contributed by atoms with Crippen molar-refractivity contribution in [3.05, 3.63) is 33.7 Å². The fourth-order valence-corrected chi connectivity index (χ4v) is 2.83. The molecule has 0 spiro atoms. The van der Waals surface area contributed by atoms with E-state index in [1.54, 1.807) is 11.3 Å². The van der Waals surface area contributed by atoms with Gasteiger partial charge in [0.15, 0.2) is 0 Å². The van der Waals surface area contributed by atoms with Gasteiger partial charge in [-0.25, -0.2) is 0 Å². The van der Waals surface area contributed by atoms with Crippen molar-refractivity contribution in [2.24, 2.45) is 0 Å². The number of benzene rings is 1. The average Bonchev–Trinajstić information content (AvgIpc) is 2.65. The molecule has 2 aromatic rings. The van der Waals surface area contributed by atoms with Crippen LogP contribution in [0.25, 0.3) is 10.1 Å². The highest BCUT2D eigenvalue weighted by Crippen LogP contribution is 2.33. The Hall–Kier alpha value is -1.04. The molecule has 1 aromatic heterocycles. The second-order valence-corrected chi connectivity index (χ2v) is 4.34. The third-order valence-electron chi connectivity index (χ3n) is 2.27. The third-order valence-corrected chi connectivity index (χ3v) is 3.50. The van der Waals surface area contributed by atoms with E-state index in [1.165, 1.54) is 10.9 Å². The highest BCUT2D eigenvalue weighted by Gasteiger charge is 2.10. The number of halogens is 1. The molecule has 0 aliphatic heterocycles. The molecule has 0 fully saturated rings. The Morgan fingerprint density at radius 2 is 2.36 bits per heavy atom. The van der Waals surface area contributed by atoms with Crippen molar-refractivity contribution in [2.75, 3.05) is 0 Å². The van der Waals surface area contributed by atoms with Gasteiger partial charge in [-0.15, -0.1) is 11.3 Å². The second-order valence-electron chi connectivity index (χ2n) is 3.02. The molecular weight excluding hydrogens is 214 g/mol.